The van der Waals surface area contributed by atoms with E-state index in [0.717, 1.165) is 37.9 Å². The minimum atomic E-state index is -3.71. The summed E-state index contributed by atoms with van der Waals surface area (Å²) in [7, 11) is -3.71. The molecule has 0 radical (unpaired) electrons. The fraction of sp³-hybridized carbons (Fsp3) is 0.350. The third-order valence-corrected chi connectivity index (χ3v) is 6.28. The number of sulfonamides is 1. The van der Waals surface area contributed by atoms with Crippen LogP contribution in [0.3, 0.4) is 0 Å². The Morgan fingerprint density at radius 3 is 2.46 bits per heavy atom. The highest BCUT2D eigenvalue weighted by Crippen LogP contribution is 2.27. The fourth-order valence-corrected chi connectivity index (χ4v) is 4.34. The Kier molecular flexibility index (Phi) is 6.93. The Morgan fingerprint density at radius 1 is 1.07 bits per heavy atom. The molecule has 0 aliphatic carbocycles. The van der Waals surface area contributed by atoms with E-state index in [1.54, 1.807) is 4.90 Å². The largest absolute Gasteiger partial charge is 0.482 e. The molecule has 3 rings (SSSR count). The minimum Gasteiger partial charge on any atom is -0.482 e. The molecule has 6 nitrogen and oxygen atoms in total. The molecule has 0 aromatic heterocycles. The van der Waals surface area contributed by atoms with Crippen molar-refractivity contribution in [1.29, 1.82) is 0 Å². The third-order valence-electron chi connectivity index (χ3n) is 4.58. The molecule has 1 aliphatic rings. The van der Waals surface area contributed by atoms with Gasteiger partial charge in [-0.25, -0.2) is 13.1 Å². The van der Waals surface area contributed by atoms with Crippen LogP contribution in [0.25, 0.3) is 0 Å². The summed E-state index contributed by atoms with van der Waals surface area (Å²) >= 11 is 6.18. The van der Waals surface area contributed by atoms with Gasteiger partial charge >= 0.3 is 0 Å². The molecule has 1 fully saturated rings. The van der Waals surface area contributed by atoms with Crippen LogP contribution in [0.2, 0.25) is 5.02 Å². The molecule has 2 aromatic carbocycles. The van der Waals surface area contributed by atoms with Crippen LogP contribution in [0.4, 0.5) is 0 Å². The van der Waals surface area contributed by atoms with E-state index in [4.69, 9.17) is 16.3 Å². The zero-order valence-electron chi connectivity index (χ0n) is 15.4. The second-order valence-electron chi connectivity index (χ2n) is 6.63. The Bertz CT molecular complexity index is 913. The average Bonchev–Trinajstić information content (AvgIpc) is 2.72. The SMILES string of the molecule is O=C(COc1ccc(S(=O)(=O)NCc2ccccc2)cc1Cl)N1CCCCC1. The van der Waals surface area contributed by atoms with Gasteiger partial charge in [0.15, 0.2) is 6.61 Å². The van der Waals surface area contributed by atoms with Crippen molar-refractivity contribution in [3.8, 4) is 5.75 Å². The molecule has 0 bridgehead atoms. The van der Waals surface area contributed by atoms with Gasteiger partial charge in [-0.2, -0.15) is 0 Å². The number of hydrogen-bond donors (Lipinski definition) is 1. The van der Waals surface area contributed by atoms with E-state index in [0.29, 0.717) is 0 Å². The number of carbonyl (C=O) groups excluding carboxylic acids is 1. The van der Waals surface area contributed by atoms with E-state index in [-0.39, 0.29) is 34.7 Å². The van der Waals surface area contributed by atoms with Crippen LogP contribution in [0, 0.1) is 0 Å². The summed E-state index contributed by atoms with van der Waals surface area (Å²) in [6, 6.07) is 13.5. The summed E-state index contributed by atoms with van der Waals surface area (Å²) in [4.78, 5) is 14.0. The van der Waals surface area contributed by atoms with Gasteiger partial charge in [-0.05, 0) is 43.0 Å². The normalized spacial score (nSPS) is 14.7. The van der Waals surface area contributed by atoms with Crippen molar-refractivity contribution >= 4 is 27.5 Å². The number of halogens is 1. The summed E-state index contributed by atoms with van der Waals surface area (Å²) in [5, 5.41) is 0.147. The van der Waals surface area contributed by atoms with E-state index in [2.05, 4.69) is 4.72 Å². The number of ether oxygens (including phenoxy) is 1. The first-order chi connectivity index (χ1) is 13.5. The van der Waals surface area contributed by atoms with Gasteiger partial charge in [0.2, 0.25) is 10.0 Å². The molecular weight excluding hydrogens is 400 g/mol. The first-order valence-corrected chi connectivity index (χ1v) is 11.1. The minimum absolute atomic E-state index is 0.0446. The van der Waals surface area contributed by atoms with Crippen LogP contribution in [-0.4, -0.2) is 38.9 Å². The van der Waals surface area contributed by atoms with Crippen molar-refractivity contribution in [3.05, 3.63) is 59.1 Å². The molecule has 28 heavy (non-hydrogen) atoms. The number of benzene rings is 2. The van der Waals surface area contributed by atoms with Crippen molar-refractivity contribution in [1.82, 2.24) is 9.62 Å². The first-order valence-electron chi connectivity index (χ1n) is 9.19. The summed E-state index contributed by atoms with van der Waals surface area (Å²) in [5.74, 6) is 0.200. The number of nitrogens with one attached hydrogen (secondary N) is 1. The maximum Gasteiger partial charge on any atom is 0.260 e. The van der Waals surface area contributed by atoms with Crippen molar-refractivity contribution in [2.24, 2.45) is 0 Å². The predicted molar refractivity (Wildman–Crippen MR) is 108 cm³/mol. The summed E-state index contributed by atoms with van der Waals surface area (Å²) in [6.45, 7) is 1.57. The maximum atomic E-state index is 12.5. The van der Waals surface area contributed by atoms with Crippen molar-refractivity contribution in [2.75, 3.05) is 19.7 Å². The van der Waals surface area contributed by atoms with Crippen LogP contribution < -0.4 is 9.46 Å². The Hall–Kier alpha value is -2.09. The zero-order chi connectivity index (χ0) is 20.0. The Balaban J connectivity index is 1.60. The van der Waals surface area contributed by atoms with Crippen LogP contribution in [0.15, 0.2) is 53.4 Å². The van der Waals surface area contributed by atoms with Crippen molar-refractivity contribution in [3.63, 3.8) is 0 Å². The molecule has 0 saturated carbocycles. The highest BCUT2D eigenvalue weighted by Gasteiger charge is 2.19. The molecule has 1 saturated heterocycles. The van der Waals surface area contributed by atoms with E-state index >= 15 is 0 Å². The second-order valence-corrected chi connectivity index (χ2v) is 8.81. The fourth-order valence-electron chi connectivity index (χ4n) is 3.00. The Labute approximate surface area is 170 Å². The van der Waals surface area contributed by atoms with Gasteiger partial charge in [0.25, 0.3) is 5.91 Å². The van der Waals surface area contributed by atoms with Crippen LogP contribution in [-0.2, 0) is 21.4 Å². The monoisotopic (exact) mass is 422 g/mol. The van der Waals surface area contributed by atoms with Crippen LogP contribution in [0.5, 0.6) is 5.75 Å². The molecule has 150 valence electrons. The number of likely N-dealkylation sites (tertiary alicyclic amines) is 1. The quantitative estimate of drug-likeness (QED) is 0.743. The van der Waals surface area contributed by atoms with Gasteiger partial charge in [0.1, 0.15) is 5.75 Å². The molecule has 0 unspecified atom stereocenters. The molecule has 0 spiro atoms. The average molecular weight is 423 g/mol. The molecule has 1 N–H and O–H groups in total. The molecule has 1 heterocycles. The number of amides is 1. The van der Waals surface area contributed by atoms with E-state index in [1.807, 2.05) is 30.3 Å². The maximum absolute atomic E-state index is 12.5. The number of carbonyl (C=O) groups is 1. The molecule has 1 aliphatic heterocycles. The smallest absolute Gasteiger partial charge is 0.260 e. The lowest BCUT2D eigenvalue weighted by atomic mass is 10.1. The number of piperidine rings is 1. The number of nitrogens with zero attached hydrogens (tertiary/aromatic N) is 1. The topological polar surface area (TPSA) is 75.7 Å². The summed E-state index contributed by atoms with van der Waals surface area (Å²) < 4.78 is 33.0. The summed E-state index contributed by atoms with van der Waals surface area (Å²) in [6.07, 6.45) is 3.16. The van der Waals surface area contributed by atoms with Crippen molar-refractivity contribution < 1.29 is 17.9 Å². The van der Waals surface area contributed by atoms with E-state index in [1.165, 1.54) is 18.2 Å². The van der Waals surface area contributed by atoms with Crippen LogP contribution >= 0.6 is 11.6 Å². The van der Waals surface area contributed by atoms with Gasteiger partial charge in [0, 0.05) is 19.6 Å². The van der Waals surface area contributed by atoms with E-state index < -0.39 is 10.0 Å². The molecular formula is C20H23ClN2O4S. The Morgan fingerprint density at radius 2 is 1.79 bits per heavy atom. The molecule has 2 aromatic rings. The molecule has 1 amide bonds. The molecule has 8 heteroatoms. The van der Waals surface area contributed by atoms with Gasteiger partial charge in [0.05, 0.1) is 9.92 Å². The number of hydrogen-bond acceptors (Lipinski definition) is 4. The van der Waals surface area contributed by atoms with Gasteiger partial charge in [-0.15, -0.1) is 0 Å². The van der Waals surface area contributed by atoms with Crippen molar-refractivity contribution in [2.45, 2.75) is 30.7 Å². The lowest BCUT2D eigenvalue weighted by molar-refractivity contribution is -0.134. The zero-order valence-corrected chi connectivity index (χ0v) is 17.0. The predicted octanol–water partition coefficient (Wildman–Crippen LogP) is 3.21. The summed E-state index contributed by atoms with van der Waals surface area (Å²) in [5.41, 5.74) is 0.855. The van der Waals surface area contributed by atoms with Crippen LogP contribution in [0.1, 0.15) is 24.8 Å². The lowest BCUT2D eigenvalue weighted by Gasteiger charge is -2.26. The van der Waals surface area contributed by atoms with Gasteiger partial charge in [-0.1, -0.05) is 41.9 Å². The van der Waals surface area contributed by atoms with Gasteiger partial charge in [-0.3, -0.25) is 4.79 Å². The van der Waals surface area contributed by atoms with Gasteiger partial charge < -0.3 is 9.64 Å². The second kappa shape index (κ2) is 9.41. The van der Waals surface area contributed by atoms with E-state index in [9.17, 15) is 13.2 Å². The highest BCUT2D eigenvalue weighted by molar-refractivity contribution is 7.89. The highest BCUT2D eigenvalue weighted by atomic mass is 35.5. The molecule has 0 atom stereocenters. The lowest BCUT2D eigenvalue weighted by Crippen LogP contribution is -2.38. The standard InChI is InChI=1S/C20H23ClN2O4S/c21-18-13-17(28(25,26)22-14-16-7-3-1-4-8-16)9-10-19(18)27-15-20(24)23-11-5-2-6-12-23/h1,3-4,7-10,13,22H,2,5-6,11-12,14-15H2. The third kappa shape index (κ3) is 5.47. The first kappa shape index (κ1) is 20.6. The number of rotatable bonds is 7.